The van der Waals surface area contributed by atoms with Gasteiger partial charge in [0, 0.05) is 19.0 Å². The number of carboxylic acids is 1. The van der Waals surface area contributed by atoms with Gasteiger partial charge in [0.25, 0.3) is 0 Å². The number of aryl methyl sites for hydroxylation is 1. The largest absolute Gasteiger partial charge is 0.481 e. The second kappa shape index (κ2) is 8.03. The van der Waals surface area contributed by atoms with E-state index < -0.39 is 12.1 Å². The Morgan fingerprint density at radius 3 is 2.84 bits per heavy atom. The van der Waals surface area contributed by atoms with Gasteiger partial charge in [0.1, 0.15) is 18.4 Å². The van der Waals surface area contributed by atoms with Gasteiger partial charge in [-0.1, -0.05) is 13.8 Å². The molecule has 0 aliphatic carbocycles. The Hall–Kier alpha value is -1.25. The third-order valence-corrected chi connectivity index (χ3v) is 2.82. The van der Waals surface area contributed by atoms with Crippen molar-refractivity contribution in [2.24, 2.45) is 0 Å². The number of carboxylic acid groups (broad SMARTS) is 1. The minimum absolute atomic E-state index is 0.0147. The minimum Gasteiger partial charge on any atom is -0.481 e. The van der Waals surface area contributed by atoms with Crippen LogP contribution in [0.1, 0.15) is 26.0 Å². The lowest BCUT2D eigenvalue weighted by Gasteiger charge is -2.14. The molecule has 0 saturated carbocycles. The van der Waals surface area contributed by atoms with E-state index in [0.717, 1.165) is 11.7 Å². The summed E-state index contributed by atoms with van der Waals surface area (Å²) in [5.74, 6) is -0.574. The Balaban J connectivity index is 2.36. The van der Waals surface area contributed by atoms with Gasteiger partial charge in [-0.2, -0.15) is 4.37 Å². The molecular weight excluding hydrogens is 270 g/mol. The van der Waals surface area contributed by atoms with Crippen LogP contribution in [0.4, 0.5) is 0 Å². The van der Waals surface area contributed by atoms with Crippen LogP contribution in [0.15, 0.2) is 0 Å². The molecule has 1 unspecified atom stereocenters. The molecule has 0 aliphatic rings. The van der Waals surface area contributed by atoms with E-state index in [1.807, 2.05) is 13.8 Å². The molecule has 8 heteroatoms. The fourth-order valence-electron chi connectivity index (χ4n) is 1.29. The smallest absolute Gasteiger partial charge is 0.303 e. The molecule has 0 fully saturated rings. The Morgan fingerprint density at radius 2 is 2.21 bits per heavy atom. The van der Waals surface area contributed by atoms with E-state index in [-0.39, 0.29) is 19.4 Å². The van der Waals surface area contributed by atoms with Gasteiger partial charge in [-0.05, 0) is 0 Å². The topological polar surface area (TPSA) is 105 Å². The minimum atomic E-state index is -0.889. The number of carbonyl (C=O) groups is 1. The van der Waals surface area contributed by atoms with E-state index in [1.165, 1.54) is 0 Å². The zero-order valence-corrected chi connectivity index (χ0v) is 11.8. The Labute approximate surface area is 115 Å². The van der Waals surface area contributed by atoms with Crippen LogP contribution in [0.5, 0.6) is 5.88 Å². The van der Waals surface area contributed by atoms with Crippen LogP contribution in [0.3, 0.4) is 0 Å². The lowest BCUT2D eigenvalue weighted by molar-refractivity contribution is -0.136. The predicted octanol–water partition coefficient (Wildman–Crippen LogP) is 0.293. The molecule has 1 rings (SSSR count). The maximum atomic E-state index is 10.5. The van der Waals surface area contributed by atoms with Crippen LogP contribution in [0.25, 0.3) is 0 Å². The monoisotopic (exact) mass is 289 g/mol. The zero-order valence-electron chi connectivity index (χ0n) is 11.0. The number of aliphatic hydroxyl groups excluding tert-OH is 1. The second-order valence-electron chi connectivity index (χ2n) is 4.44. The van der Waals surface area contributed by atoms with Gasteiger partial charge in [0.15, 0.2) is 0 Å². The summed E-state index contributed by atoms with van der Waals surface area (Å²) in [7, 11) is 0. The molecule has 0 saturated heterocycles. The van der Waals surface area contributed by atoms with Crippen LogP contribution >= 0.6 is 11.7 Å². The van der Waals surface area contributed by atoms with Crippen LogP contribution < -0.4 is 10.1 Å². The van der Waals surface area contributed by atoms with Gasteiger partial charge in [0.05, 0.1) is 18.1 Å². The molecule has 0 radical (unpaired) electrons. The molecule has 1 aromatic rings. The number of nitrogens with zero attached hydrogens (tertiary/aromatic N) is 2. The van der Waals surface area contributed by atoms with E-state index in [2.05, 4.69) is 14.1 Å². The third kappa shape index (κ3) is 6.46. The highest BCUT2D eigenvalue weighted by Gasteiger charge is 2.13. The molecular formula is C11H19N3O4S. The average molecular weight is 289 g/mol. The van der Waals surface area contributed by atoms with Crippen molar-refractivity contribution in [2.45, 2.75) is 38.8 Å². The summed E-state index contributed by atoms with van der Waals surface area (Å²) in [4.78, 5) is 10.5. The van der Waals surface area contributed by atoms with Crippen molar-refractivity contribution in [3.05, 3.63) is 5.69 Å². The molecule has 3 N–H and O–H groups in total. The fourth-order valence-corrected chi connectivity index (χ4v) is 1.83. The molecule has 1 atom stereocenters. The van der Waals surface area contributed by atoms with Crippen molar-refractivity contribution in [3.8, 4) is 5.88 Å². The van der Waals surface area contributed by atoms with Crippen LogP contribution in [0.2, 0.25) is 0 Å². The molecule has 108 valence electrons. The molecule has 1 heterocycles. The van der Waals surface area contributed by atoms with E-state index in [0.29, 0.717) is 24.2 Å². The second-order valence-corrected chi connectivity index (χ2v) is 4.97. The average Bonchev–Trinajstić information content (AvgIpc) is 2.78. The van der Waals surface area contributed by atoms with E-state index in [4.69, 9.17) is 9.84 Å². The number of hydrogen-bond acceptors (Lipinski definition) is 7. The number of hydrogen-bond donors (Lipinski definition) is 3. The lowest BCUT2D eigenvalue weighted by Crippen LogP contribution is -2.35. The summed E-state index contributed by atoms with van der Waals surface area (Å²) >= 11 is 0.973. The van der Waals surface area contributed by atoms with Gasteiger partial charge in [0.2, 0.25) is 5.88 Å². The Morgan fingerprint density at radius 1 is 1.47 bits per heavy atom. The third-order valence-electron chi connectivity index (χ3n) is 2.27. The SMILES string of the molecule is CC(C)NCC(O)COc1nsnc1CCC(=O)O. The molecule has 0 aromatic carbocycles. The molecule has 19 heavy (non-hydrogen) atoms. The van der Waals surface area contributed by atoms with Crippen molar-refractivity contribution in [1.29, 1.82) is 0 Å². The van der Waals surface area contributed by atoms with Gasteiger partial charge in [-0.3, -0.25) is 4.79 Å². The summed E-state index contributed by atoms with van der Waals surface area (Å²) in [6, 6.07) is 0.293. The zero-order chi connectivity index (χ0) is 14.3. The predicted molar refractivity (Wildman–Crippen MR) is 70.5 cm³/mol. The first-order valence-corrected chi connectivity index (χ1v) is 6.79. The van der Waals surface area contributed by atoms with Crippen LogP contribution in [0, 0.1) is 0 Å². The van der Waals surface area contributed by atoms with Gasteiger partial charge >= 0.3 is 5.97 Å². The van der Waals surface area contributed by atoms with Gasteiger partial charge in [-0.15, -0.1) is 4.37 Å². The van der Waals surface area contributed by atoms with Crippen LogP contribution in [-0.2, 0) is 11.2 Å². The molecule has 0 aliphatic heterocycles. The summed E-state index contributed by atoms with van der Waals surface area (Å²) in [6.07, 6.45) is -0.378. The van der Waals surface area contributed by atoms with Crippen molar-refractivity contribution in [2.75, 3.05) is 13.2 Å². The summed E-state index contributed by atoms with van der Waals surface area (Å²) < 4.78 is 13.3. The molecule has 0 bridgehead atoms. The molecule has 0 amide bonds. The van der Waals surface area contributed by atoms with Gasteiger partial charge < -0.3 is 20.3 Å². The Kier molecular flexibility index (Phi) is 6.68. The van der Waals surface area contributed by atoms with E-state index in [1.54, 1.807) is 0 Å². The number of aliphatic hydroxyl groups is 1. The van der Waals surface area contributed by atoms with Crippen molar-refractivity contribution >= 4 is 17.7 Å². The van der Waals surface area contributed by atoms with Crippen LogP contribution in [-0.4, -0.2) is 50.2 Å². The number of rotatable bonds is 9. The lowest BCUT2D eigenvalue weighted by atomic mass is 10.2. The highest BCUT2D eigenvalue weighted by Crippen LogP contribution is 2.17. The first-order chi connectivity index (χ1) is 8.99. The maximum absolute atomic E-state index is 10.5. The molecule has 7 nitrogen and oxygen atoms in total. The van der Waals surface area contributed by atoms with E-state index >= 15 is 0 Å². The van der Waals surface area contributed by atoms with Gasteiger partial charge in [-0.25, -0.2) is 0 Å². The number of aromatic nitrogens is 2. The van der Waals surface area contributed by atoms with E-state index in [9.17, 15) is 9.90 Å². The highest BCUT2D eigenvalue weighted by molar-refractivity contribution is 6.99. The number of aliphatic carboxylic acids is 1. The Bertz CT molecular complexity index is 397. The highest BCUT2D eigenvalue weighted by atomic mass is 32.1. The first-order valence-electron chi connectivity index (χ1n) is 6.06. The standard InChI is InChI=1S/C11H19N3O4S/c1-7(2)12-5-8(15)6-18-11-9(13-19-14-11)3-4-10(16)17/h7-8,12,15H,3-6H2,1-2H3,(H,16,17). The normalized spacial score (nSPS) is 12.6. The first kappa shape index (κ1) is 15.8. The quantitative estimate of drug-likeness (QED) is 0.600. The van der Waals surface area contributed by atoms with Crippen molar-refractivity contribution < 1.29 is 19.7 Å². The van der Waals surface area contributed by atoms with Crippen molar-refractivity contribution in [1.82, 2.24) is 14.1 Å². The fraction of sp³-hybridized carbons (Fsp3) is 0.727. The number of nitrogens with one attached hydrogen (secondary N) is 1. The summed E-state index contributed by atoms with van der Waals surface area (Å²) in [5, 5.41) is 21.4. The van der Waals surface area contributed by atoms with Crippen molar-refractivity contribution in [3.63, 3.8) is 0 Å². The summed E-state index contributed by atoms with van der Waals surface area (Å²) in [5.41, 5.74) is 0.524. The maximum Gasteiger partial charge on any atom is 0.303 e. The molecule has 1 aromatic heterocycles. The molecule has 0 spiro atoms. The summed E-state index contributed by atoms with van der Waals surface area (Å²) in [6.45, 7) is 4.51. The number of ether oxygens (including phenoxy) is 1.